The van der Waals surface area contributed by atoms with E-state index in [1.165, 1.54) is 0 Å². The second-order valence-electron chi connectivity index (χ2n) is 6.45. The lowest BCUT2D eigenvalue weighted by molar-refractivity contribution is 0.102. The number of nitrogens with zero attached hydrogens (tertiary/aromatic N) is 4. The van der Waals surface area contributed by atoms with E-state index in [2.05, 4.69) is 25.6 Å². The van der Waals surface area contributed by atoms with Crippen LogP contribution in [0.2, 0.25) is 0 Å². The monoisotopic (exact) mass is 362 g/mol. The molecule has 0 bridgehead atoms. The summed E-state index contributed by atoms with van der Waals surface area (Å²) in [6.07, 6.45) is 3.23. The summed E-state index contributed by atoms with van der Waals surface area (Å²) in [5.74, 6) is 0.935. The summed E-state index contributed by atoms with van der Waals surface area (Å²) in [6.45, 7) is 4.00. The zero-order valence-corrected chi connectivity index (χ0v) is 14.8. The maximum atomic E-state index is 12.9. The van der Waals surface area contributed by atoms with Crippen molar-refractivity contribution in [2.24, 2.45) is 0 Å². The van der Waals surface area contributed by atoms with Crippen LogP contribution < -0.4 is 5.32 Å². The quantitative estimate of drug-likeness (QED) is 0.516. The number of hydrogen-bond donors (Lipinski definition) is 3. The molecule has 27 heavy (non-hydrogen) atoms. The molecule has 0 aliphatic carbocycles. The Kier molecular flexibility index (Phi) is 4.08. The van der Waals surface area contributed by atoms with Crippen molar-refractivity contribution >= 4 is 22.6 Å². The van der Waals surface area contributed by atoms with E-state index in [-0.39, 0.29) is 17.6 Å². The first-order chi connectivity index (χ1) is 13.0. The van der Waals surface area contributed by atoms with Gasteiger partial charge in [-0.2, -0.15) is 10.2 Å². The van der Waals surface area contributed by atoms with Gasteiger partial charge in [0.05, 0.1) is 23.0 Å². The van der Waals surface area contributed by atoms with Crippen molar-refractivity contribution in [1.29, 1.82) is 0 Å². The number of aromatic nitrogens is 5. The third-order valence-electron chi connectivity index (χ3n) is 4.24. The maximum Gasteiger partial charge on any atom is 0.260 e. The zero-order valence-electron chi connectivity index (χ0n) is 14.8. The Bertz CT molecular complexity index is 1110. The number of phenols is 1. The summed E-state index contributed by atoms with van der Waals surface area (Å²) in [5.41, 5.74) is 1.87. The Morgan fingerprint density at radius 3 is 2.85 bits per heavy atom. The minimum Gasteiger partial charge on any atom is -0.508 e. The molecule has 0 saturated carbocycles. The van der Waals surface area contributed by atoms with Crippen molar-refractivity contribution in [3.05, 3.63) is 60.0 Å². The molecule has 3 aromatic heterocycles. The highest BCUT2D eigenvalue weighted by Crippen LogP contribution is 2.26. The largest absolute Gasteiger partial charge is 0.508 e. The summed E-state index contributed by atoms with van der Waals surface area (Å²) < 4.78 is 1.68. The average Bonchev–Trinajstić information content (AvgIpc) is 3.27. The lowest BCUT2D eigenvalue weighted by atomic mass is 10.1. The van der Waals surface area contributed by atoms with Gasteiger partial charge in [0.15, 0.2) is 11.6 Å². The maximum absolute atomic E-state index is 12.9. The Balaban J connectivity index is 1.70. The fourth-order valence-electron chi connectivity index (χ4n) is 3.03. The summed E-state index contributed by atoms with van der Waals surface area (Å²) in [7, 11) is 0. The van der Waals surface area contributed by atoms with Gasteiger partial charge in [-0.1, -0.05) is 19.9 Å². The van der Waals surface area contributed by atoms with Crippen molar-refractivity contribution in [2.75, 3.05) is 5.32 Å². The van der Waals surface area contributed by atoms with Crippen LogP contribution in [0.1, 0.15) is 35.8 Å². The van der Waals surface area contributed by atoms with E-state index in [9.17, 15) is 9.90 Å². The first kappa shape index (κ1) is 16.8. The summed E-state index contributed by atoms with van der Waals surface area (Å²) in [4.78, 5) is 17.2. The summed E-state index contributed by atoms with van der Waals surface area (Å²) in [6, 6.07) is 10.3. The number of phenolic OH excluding ortho intramolecular Hbond substituents is 1. The van der Waals surface area contributed by atoms with Crippen LogP contribution in [0.3, 0.4) is 0 Å². The zero-order chi connectivity index (χ0) is 19.0. The SMILES string of the molecule is CC(C)c1c(C(=O)Nc2n[nH]c3cc(O)ccc23)cnn1-c1ccccn1. The molecule has 3 N–H and O–H groups in total. The number of H-pyrrole nitrogens is 1. The van der Waals surface area contributed by atoms with E-state index in [0.29, 0.717) is 28.1 Å². The predicted octanol–water partition coefficient (Wildman–Crippen LogP) is 3.22. The van der Waals surface area contributed by atoms with E-state index in [0.717, 1.165) is 5.69 Å². The molecule has 3 heterocycles. The van der Waals surface area contributed by atoms with Gasteiger partial charge in [-0.3, -0.25) is 9.89 Å². The van der Waals surface area contributed by atoms with Gasteiger partial charge < -0.3 is 10.4 Å². The molecular formula is C19H18N6O2. The number of fused-ring (bicyclic) bond motifs is 1. The first-order valence-corrected chi connectivity index (χ1v) is 8.52. The van der Waals surface area contributed by atoms with Crippen LogP contribution in [0.5, 0.6) is 5.75 Å². The highest BCUT2D eigenvalue weighted by atomic mass is 16.3. The third-order valence-corrected chi connectivity index (χ3v) is 4.24. The standard InChI is InChI=1S/C19H18N6O2/c1-11(2)17-14(10-21-25(17)16-5-3-4-8-20-16)19(27)22-18-13-7-6-12(26)9-15(13)23-24-18/h3-11,26H,1-2H3,(H2,22,23,24,27). The number of benzene rings is 1. The molecule has 136 valence electrons. The molecule has 0 unspecified atom stereocenters. The van der Waals surface area contributed by atoms with Gasteiger partial charge in [0.25, 0.3) is 5.91 Å². The van der Waals surface area contributed by atoms with Crippen molar-refractivity contribution in [2.45, 2.75) is 19.8 Å². The average molecular weight is 362 g/mol. The highest BCUT2D eigenvalue weighted by Gasteiger charge is 2.22. The molecule has 8 nitrogen and oxygen atoms in total. The Morgan fingerprint density at radius 1 is 1.26 bits per heavy atom. The lowest BCUT2D eigenvalue weighted by Crippen LogP contribution is -2.16. The second-order valence-corrected chi connectivity index (χ2v) is 6.45. The molecule has 0 radical (unpaired) electrons. The van der Waals surface area contributed by atoms with Crippen LogP contribution >= 0.6 is 0 Å². The number of hydrogen-bond acceptors (Lipinski definition) is 5. The number of carbonyl (C=O) groups is 1. The molecule has 0 aliphatic heterocycles. The Hall–Kier alpha value is -3.68. The van der Waals surface area contributed by atoms with Crippen molar-refractivity contribution in [3.63, 3.8) is 0 Å². The number of pyridine rings is 1. The Labute approximate surface area is 154 Å². The van der Waals surface area contributed by atoms with Gasteiger partial charge in [0, 0.05) is 17.6 Å². The molecule has 1 amide bonds. The Morgan fingerprint density at radius 2 is 2.11 bits per heavy atom. The molecule has 0 spiro atoms. The molecule has 0 aliphatic rings. The van der Waals surface area contributed by atoms with Gasteiger partial charge >= 0.3 is 0 Å². The minimum absolute atomic E-state index is 0.0585. The normalized spacial score (nSPS) is 11.2. The van der Waals surface area contributed by atoms with E-state index in [1.807, 2.05) is 32.0 Å². The van der Waals surface area contributed by atoms with Crippen LogP contribution in [-0.2, 0) is 0 Å². The van der Waals surface area contributed by atoms with Crippen molar-refractivity contribution < 1.29 is 9.90 Å². The third kappa shape index (κ3) is 3.01. The molecule has 0 saturated heterocycles. The van der Waals surface area contributed by atoms with Crippen LogP contribution in [-0.4, -0.2) is 36.0 Å². The lowest BCUT2D eigenvalue weighted by Gasteiger charge is -2.12. The molecule has 1 aromatic carbocycles. The van der Waals surface area contributed by atoms with Crippen LogP contribution in [0.4, 0.5) is 5.82 Å². The fourth-order valence-corrected chi connectivity index (χ4v) is 3.03. The van der Waals surface area contributed by atoms with E-state index < -0.39 is 0 Å². The number of aromatic hydroxyl groups is 1. The van der Waals surface area contributed by atoms with Crippen LogP contribution in [0, 0.1) is 0 Å². The molecule has 0 fully saturated rings. The van der Waals surface area contributed by atoms with Crippen molar-refractivity contribution in [3.8, 4) is 11.6 Å². The molecular weight excluding hydrogens is 344 g/mol. The molecule has 4 rings (SSSR count). The van der Waals surface area contributed by atoms with Gasteiger partial charge in [0.2, 0.25) is 0 Å². The van der Waals surface area contributed by atoms with Crippen LogP contribution in [0.25, 0.3) is 16.7 Å². The van der Waals surface area contributed by atoms with Gasteiger partial charge in [0.1, 0.15) is 5.75 Å². The predicted molar refractivity (Wildman–Crippen MR) is 101 cm³/mol. The second kappa shape index (κ2) is 6.56. The first-order valence-electron chi connectivity index (χ1n) is 8.52. The number of anilines is 1. The van der Waals surface area contributed by atoms with Crippen molar-refractivity contribution in [1.82, 2.24) is 25.0 Å². The van der Waals surface area contributed by atoms with Gasteiger partial charge in [-0.25, -0.2) is 9.67 Å². The van der Waals surface area contributed by atoms with E-state index >= 15 is 0 Å². The molecule has 4 aromatic rings. The van der Waals surface area contributed by atoms with Gasteiger partial charge in [-0.15, -0.1) is 0 Å². The fraction of sp³-hybridized carbons (Fsp3) is 0.158. The number of carbonyl (C=O) groups excluding carboxylic acids is 1. The van der Waals surface area contributed by atoms with E-state index in [1.54, 1.807) is 35.3 Å². The van der Waals surface area contributed by atoms with E-state index in [4.69, 9.17) is 0 Å². The number of nitrogens with one attached hydrogen (secondary N) is 2. The number of amides is 1. The number of aromatic amines is 1. The van der Waals surface area contributed by atoms with Gasteiger partial charge in [-0.05, 0) is 30.2 Å². The minimum atomic E-state index is -0.303. The smallest absolute Gasteiger partial charge is 0.260 e. The summed E-state index contributed by atoms with van der Waals surface area (Å²) >= 11 is 0. The highest BCUT2D eigenvalue weighted by molar-refractivity contribution is 6.08. The van der Waals surface area contributed by atoms with Crippen LogP contribution in [0.15, 0.2) is 48.8 Å². The molecule has 0 atom stereocenters. The topological polar surface area (TPSA) is 109 Å². The molecule has 8 heteroatoms. The summed E-state index contributed by atoms with van der Waals surface area (Å²) in [5, 5.41) is 24.4. The number of rotatable bonds is 4.